The first kappa shape index (κ1) is 13.0. The van der Waals surface area contributed by atoms with Crippen molar-refractivity contribution in [3.05, 3.63) is 29.8 Å². The molecule has 0 amide bonds. The van der Waals surface area contributed by atoms with E-state index in [4.69, 9.17) is 0 Å². The van der Waals surface area contributed by atoms with Gasteiger partial charge in [-0.05, 0) is 30.5 Å². The maximum Gasteiger partial charge on any atom is 0.0478 e. The van der Waals surface area contributed by atoms with Crippen LogP contribution in [0, 0.1) is 18.8 Å². The lowest BCUT2D eigenvalue weighted by Gasteiger charge is -2.27. The Morgan fingerprint density at radius 3 is 2.50 bits per heavy atom. The van der Waals surface area contributed by atoms with Crippen molar-refractivity contribution in [3.8, 4) is 0 Å². The average Bonchev–Trinajstić information content (AvgIpc) is 2.25. The highest BCUT2D eigenvalue weighted by Crippen LogP contribution is 2.18. The fraction of sp³-hybridized carbons (Fsp3) is 0.571. The normalized spacial score (nSPS) is 12.9. The predicted molar refractivity (Wildman–Crippen MR) is 69.9 cm³/mol. The van der Waals surface area contributed by atoms with E-state index in [1.165, 1.54) is 11.3 Å². The van der Waals surface area contributed by atoms with Crippen LogP contribution in [0.2, 0.25) is 0 Å². The largest absolute Gasteiger partial charge is 0.396 e. The molecule has 2 nitrogen and oxygen atoms in total. The second kappa shape index (κ2) is 5.90. The van der Waals surface area contributed by atoms with Crippen LogP contribution in [0.15, 0.2) is 24.3 Å². The van der Waals surface area contributed by atoms with Crippen LogP contribution >= 0.6 is 0 Å². The fourth-order valence-corrected chi connectivity index (χ4v) is 1.80. The van der Waals surface area contributed by atoms with E-state index in [2.05, 4.69) is 57.0 Å². The van der Waals surface area contributed by atoms with E-state index in [1.807, 2.05) is 0 Å². The molecule has 1 atom stereocenters. The van der Waals surface area contributed by atoms with Crippen LogP contribution in [-0.4, -0.2) is 25.3 Å². The minimum atomic E-state index is 0.258. The van der Waals surface area contributed by atoms with Crippen LogP contribution in [0.3, 0.4) is 0 Å². The molecule has 0 fully saturated rings. The maximum atomic E-state index is 9.32. The molecule has 0 heterocycles. The lowest BCUT2D eigenvalue weighted by Crippen LogP contribution is -2.30. The van der Waals surface area contributed by atoms with Crippen molar-refractivity contribution in [1.82, 2.24) is 0 Å². The Hall–Kier alpha value is -1.02. The van der Waals surface area contributed by atoms with Gasteiger partial charge in [-0.15, -0.1) is 0 Å². The minimum absolute atomic E-state index is 0.258. The van der Waals surface area contributed by atoms with Gasteiger partial charge in [0.1, 0.15) is 0 Å². The summed E-state index contributed by atoms with van der Waals surface area (Å²) < 4.78 is 0. The lowest BCUT2D eigenvalue weighted by atomic mass is 9.96. The topological polar surface area (TPSA) is 23.5 Å². The van der Waals surface area contributed by atoms with Crippen molar-refractivity contribution in [2.24, 2.45) is 11.8 Å². The van der Waals surface area contributed by atoms with Gasteiger partial charge in [-0.1, -0.05) is 26.0 Å². The van der Waals surface area contributed by atoms with E-state index in [-0.39, 0.29) is 6.61 Å². The van der Waals surface area contributed by atoms with Crippen molar-refractivity contribution >= 4 is 5.69 Å². The lowest BCUT2D eigenvalue weighted by molar-refractivity contribution is 0.193. The number of aliphatic hydroxyl groups excluding tert-OH is 1. The third-order valence-corrected chi connectivity index (χ3v) is 3.13. The molecule has 0 saturated carbocycles. The van der Waals surface area contributed by atoms with Gasteiger partial charge in [0.15, 0.2) is 0 Å². The van der Waals surface area contributed by atoms with E-state index in [1.54, 1.807) is 0 Å². The second-order valence-electron chi connectivity index (χ2n) is 4.91. The highest BCUT2D eigenvalue weighted by atomic mass is 16.3. The number of anilines is 1. The Morgan fingerprint density at radius 1 is 1.31 bits per heavy atom. The summed E-state index contributed by atoms with van der Waals surface area (Å²) in [7, 11) is 2.08. The summed E-state index contributed by atoms with van der Waals surface area (Å²) in [6.45, 7) is 7.57. The Kier molecular flexibility index (Phi) is 4.81. The first-order valence-electron chi connectivity index (χ1n) is 5.93. The number of aliphatic hydroxyl groups is 1. The number of benzene rings is 1. The van der Waals surface area contributed by atoms with E-state index in [0.29, 0.717) is 11.8 Å². The number of aryl methyl sites for hydroxylation is 1. The van der Waals surface area contributed by atoms with Crippen LogP contribution in [0.5, 0.6) is 0 Å². The molecule has 16 heavy (non-hydrogen) atoms. The Balaban J connectivity index is 2.67. The van der Waals surface area contributed by atoms with Gasteiger partial charge in [0.05, 0.1) is 0 Å². The zero-order valence-electron chi connectivity index (χ0n) is 10.8. The monoisotopic (exact) mass is 221 g/mol. The summed E-state index contributed by atoms with van der Waals surface area (Å²) in [5.74, 6) is 0.850. The molecule has 0 saturated heterocycles. The molecule has 1 unspecified atom stereocenters. The van der Waals surface area contributed by atoms with E-state index < -0.39 is 0 Å². The number of nitrogens with zero attached hydrogens (tertiary/aromatic N) is 1. The minimum Gasteiger partial charge on any atom is -0.396 e. The molecular weight excluding hydrogens is 198 g/mol. The zero-order valence-corrected chi connectivity index (χ0v) is 10.8. The molecular formula is C14H23NO. The van der Waals surface area contributed by atoms with E-state index >= 15 is 0 Å². The third-order valence-electron chi connectivity index (χ3n) is 3.13. The SMILES string of the molecule is Cc1cccc(N(C)CC(CO)C(C)C)c1. The molecule has 0 spiro atoms. The van der Waals surface area contributed by atoms with Gasteiger partial charge in [0.2, 0.25) is 0 Å². The quantitative estimate of drug-likeness (QED) is 0.826. The van der Waals surface area contributed by atoms with Crippen LogP contribution in [0.4, 0.5) is 5.69 Å². The molecule has 0 aliphatic carbocycles. The standard InChI is InChI=1S/C14H23NO/c1-11(2)13(10-16)9-15(4)14-7-5-6-12(3)8-14/h5-8,11,13,16H,9-10H2,1-4H3. The molecule has 0 radical (unpaired) electrons. The molecule has 1 aromatic rings. The molecule has 90 valence electrons. The van der Waals surface area contributed by atoms with Gasteiger partial charge < -0.3 is 10.0 Å². The number of hydrogen-bond donors (Lipinski definition) is 1. The Labute approximate surface area is 98.9 Å². The number of rotatable bonds is 5. The summed E-state index contributed by atoms with van der Waals surface area (Å²) in [6.07, 6.45) is 0. The molecule has 1 aromatic carbocycles. The van der Waals surface area contributed by atoms with Gasteiger partial charge >= 0.3 is 0 Å². The van der Waals surface area contributed by atoms with Crippen molar-refractivity contribution < 1.29 is 5.11 Å². The highest BCUT2D eigenvalue weighted by Gasteiger charge is 2.14. The van der Waals surface area contributed by atoms with Gasteiger partial charge in [-0.3, -0.25) is 0 Å². The second-order valence-corrected chi connectivity index (χ2v) is 4.91. The maximum absolute atomic E-state index is 9.32. The van der Waals surface area contributed by atoms with Crippen molar-refractivity contribution in [3.63, 3.8) is 0 Å². The van der Waals surface area contributed by atoms with Crippen LogP contribution in [0.1, 0.15) is 19.4 Å². The predicted octanol–water partition coefficient (Wildman–Crippen LogP) is 2.70. The zero-order chi connectivity index (χ0) is 12.1. The van der Waals surface area contributed by atoms with Gasteiger partial charge in [-0.25, -0.2) is 0 Å². The van der Waals surface area contributed by atoms with Crippen LogP contribution in [0.25, 0.3) is 0 Å². The average molecular weight is 221 g/mol. The fourth-order valence-electron chi connectivity index (χ4n) is 1.80. The van der Waals surface area contributed by atoms with Gasteiger partial charge in [-0.2, -0.15) is 0 Å². The van der Waals surface area contributed by atoms with Crippen LogP contribution < -0.4 is 4.90 Å². The Morgan fingerprint density at radius 2 is 2.00 bits per heavy atom. The van der Waals surface area contributed by atoms with E-state index in [0.717, 1.165) is 6.54 Å². The van der Waals surface area contributed by atoms with Gasteiger partial charge in [0.25, 0.3) is 0 Å². The van der Waals surface area contributed by atoms with E-state index in [9.17, 15) is 5.11 Å². The summed E-state index contributed by atoms with van der Waals surface area (Å²) in [6, 6.07) is 8.46. The molecule has 0 aliphatic rings. The van der Waals surface area contributed by atoms with Crippen LogP contribution in [-0.2, 0) is 0 Å². The van der Waals surface area contributed by atoms with Crippen molar-refractivity contribution in [2.75, 3.05) is 25.1 Å². The highest BCUT2D eigenvalue weighted by molar-refractivity contribution is 5.47. The molecule has 1 rings (SSSR count). The smallest absolute Gasteiger partial charge is 0.0478 e. The summed E-state index contributed by atoms with van der Waals surface area (Å²) in [5.41, 5.74) is 2.49. The van der Waals surface area contributed by atoms with Crippen molar-refractivity contribution in [1.29, 1.82) is 0 Å². The van der Waals surface area contributed by atoms with Gasteiger partial charge in [0, 0.05) is 31.8 Å². The molecule has 0 aromatic heterocycles. The third kappa shape index (κ3) is 3.53. The Bertz CT molecular complexity index is 322. The molecule has 0 bridgehead atoms. The summed E-state index contributed by atoms with van der Waals surface area (Å²) in [4.78, 5) is 2.22. The number of hydrogen-bond acceptors (Lipinski definition) is 2. The molecule has 2 heteroatoms. The first-order chi connectivity index (χ1) is 7.54. The molecule has 0 aliphatic heterocycles. The summed E-state index contributed by atoms with van der Waals surface area (Å²) in [5, 5.41) is 9.32. The van der Waals surface area contributed by atoms with Crippen molar-refractivity contribution in [2.45, 2.75) is 20.8 Å². The summed E-state index contributed by atoms with van der Waals surface area (Å²) >= 11 is 0. The molecule has 1 N–H and O–H groups in total. The first-order valence-corrected chi connectivity index (χ1v) is 5.93.